The van der Waals surface area contributed by atoms with Crippen LogP contribution in [0.5, 0.6) is 0 Å². The van der Waals surface area contributed by atoms with E-state index in [9.17, 15) is 13.2 Å². The van der Waals surface area contributed by atoms with Crippen LogP contribution in [-0.2, 0) is 21.1 Å². The first kappa shape index (κ1) is 18.1. The third kappa shape index (κ3) is 4.64. The van der Waals surface area contributed by atoms with Crippen LogP contribution in [0, 0.1) is 5.41 Å². The largest absolute Gasteiger partial charge is 0.410 e. The zero-order valence-corrected chi connectivity index (χ0v) is 14.9. The Bertz CT molecular complexity index is 807. The molecular weight excluding hydrogens is 330 g/mol. The summed E-state index contributed by atoms with van der Waals surface area (Å²) in [5, 5.41) is 9.77. The normalized spacial score (nSPS) is 13.5. The number of benzene rings is 1. The molecule has 0 aliphatic rings. The van der Waals surface area contributed by atoms with Crippen LogP contribution < -0.4 is 5.32 Å². The molecule has 0 aliphatic heterocycles. The molecule has 0 spiro atoms. The first-order valence-electron chi connectivity index (χ1n) is 7.46. The summed E-state index contributed by atoms with van der Waals surface area (Å²) >= 11 is 0. The smallest absolute Gasteiger partial charge is 0.335 e. The molecule has 0 saturated heterocycles. The minimum atomic E-state index is -3.60. The number of nitrogens with one attached hydrogen (secondary N) is 1. The van der Waals surface area contributed by atoms with E-state index >= 15 is 0 Å². The maximum atomic E-state index is 12.3. The van der Waals surface area contributed by atoms with Crippen LogP contribution in [0.2, 0.25) is 0 Å². The maximum Gasteiger partial charge on any atom is 0.335 e. The Hall–Kier alpha value is -2.22. The van der Waals surface area contributed by atoms with Gasteiger partial charge in [-0.25, -0.2) is 8.42 Å². The van der Waals surface area contributed by atoms with Gasteiger partial charge in [-0.05, 0) is 5.56 Å². The number of aromatic nitrogens is 2. The standard InChI is InChI=1S/C16H21N3O4S/c1-16(2,3)14(20)17-12(10-11-8-6-5-7-9-11)13-18-19-15(23-13)24(4,21)22/h5-9,12H,10H2,1-4H3,(H,17,20)/t12-/m0/s1. The number of rotatable bonds is 5. The lowest BCUT2D eigenvalue weighted by atomic mass is 9.94. The second kappa shape index (κ2) is 6.72. The lowest BCUT2D eigenvalue weighted by Gasteiger charge is -2.22. The minimum Gasteiger partial charge on any atom is -0.410 e. The fourth-order valence-corrected chi connectivity index (χ4v) is 2.36. The van der Waals surface area contributed by atoms with E-state index in [4.69, 9.17) is 4.42 Å². The van der Waals surface area contributed by atoms with Crippen LogP contribution in [0.3, 0.4) is 0 Å². The van der Waals surface area contributed by atoms with E-state index in [1.165, 1.54) is 0 Å². The van der Waals surface area contributed by atoms with Crippen LogP contribution in [0.15, 0.2) is 40.0 Å². The second-order valence-electron chi connectivity index (χ2n) is 6.64. The second-order valence-corrected chi connectivity index (χ2v) is 8.54. The van der Waals surface area contributed by atoms with E-state index < -0.39 is 26.5 Å². The lowest BCUT2D eigenvalue weighted by Crippen LogP contribution is -2.38. The molecule has 24 heavy (non-hydrogen) atoms. The molecule has 2 aromatic rings. The fraction of sp³-hybridized carbons (Fsp3) is 0.438. The molecule has 0 bridgehead atoms. The molecule has 2 rings (SSSR count). The summed E-state index contributed by atoms with van der Waals surface area (Å²) in [5.74, 6) is -0.126. The third-order valence-corrected chi connectivity index (χ3v) is 4.11. The fourth-order valence-electron chi connectivity index (χ4n) is 1.94. The molecule has 0 saturated carbocycles. The van der Waals surface area contributed by atoms with Crippen molar-refractivity contribution in [2.75, 3.05) is 6.26 Å². The molecule has 1 aromatic carbocycles. The molecule has 130 valence electrons. The number of hydrogen-bond acceptors (Lipinski definition) is 6. The van der Waals surface area contributed by atoms with Crippen molar-refractivity contribution in [3.63, 3.8) is 0 Å². The van der Waals surface area contributed by atoms with Gasteiger partial charge in [-0.15, -0.1) is 5.10 Å². The van der Waals surface area contributed by atoms with E-state index in [-0.39, 0.29) is 11.8 Å². The van der Waals surface area contributed by atoms with Gasteiger partial charge < -0.3 is 9.73 Å². The average Bonchev–Trinajstić information content (AvgIpc) is 2.96. The molecule has 1 atom stereocenters. The molecule has 1 heterocycles. The van der Waals surface area contributed by atoms with E-state index in [0.717, 1.165) is 11.8 Å². The molecule has 0 unspecified atom stereocenters. The molecule has 0 fully saturated rings. The predicted octanol–water partition coefficient (Wildman–Crippen LogP) is 1.92. The average molecular weight is 351 g/mol. The summed E-state index contributed by atoms with van der Waals surface area (Å²) in [6.07, 6.45) is 1.40. The van der Waals surface area contributed by atoms with Crippen molar-refractivity contribution in [3.05, 3.63) is 41.8 Å². The zero-order chi connectivity index (χ0) is 18.0. The highest BCUT2D eigenvalue weighted by molar-refractivity contribution is 7.90. The molecule has 7 nitrogen and oxygen atoms in total. The summed E-state index contributed by atoms with van der Waals surface area (Å²) < 4.78 is 28.3. The molecule has 1 aromatic heterocycles. The predicted molar refractivity (Wildman–Crippen MR) is 87.9 cm³/mol. The van der Waals surface area contributed by atoms with Gasteiger partial charge in [-0.2, -0.15) is 0 Å². The Morgan fingerprint density at radius 1 is 1.21 bits per heavy atom. The van der Waals surface area contributed by atoms with E-state index in [1.54, 1.807) is 20.8 Å². The van der Waals surface area contributed by atoms with E-state index in [2.05, 4.69) is 15.5 Å². The Kier molecular flexibility index (Phi) is 5.08. The first-order valence-corrected chi connectivity index (χ1v) is 9.35. The Morgan fingerprint density at radius 3 is 2.33 bits per heavy atom. The number of carbonyl (C=O) groups is 1. The van der Waals surface area contributed by atoms with Gasteiger partial charge >= 0.3 is 5.22 Å². The highest BCUT2D eigenvalue weighted by atomic mass is 32.2. The number of carbonyl (C=O) groups excluding carboxylic acids is 1. The summed E-state index contributed by atoms with van der Waals surface area (Å²) in [6.45, 7) is 5.37. The molecule has 1 N–H and O–H groups in total. The monoisotopic (exact) mass is 351 g/mol. The summed E-state index contributed by atoms with van der Waals surface area (Å²) in [5.41, 5.74) is 0.352. The first-order chi connectivity index (χ1) is 11.1. The Balaban J connectivity index is 2.32. The van der Waals surface area contributed by atoms with Crippen LogP contribution in [0.1, 0.15) is 38.3 Å². The number of nitrogens with zero attached hydrogens (tertiary/aromatic N) is 2. The number of hydrogen-bond donors (Lipinski definition) is 1. The Labute approximate surface area is 141 Å². The van der Waals surface area contributed by atoms with Gasteiger partial charge in [0.05, 0.1) is 0 Å². The highest BCUT2D eigenvalue weighted by Gasteiger charge is 2.29. The third-order valence-electron chi connectivity index (χ3n) is 3.31. The molecule has 0 radical (unpaired) electrons. The van der Waals surface area contributed by atoms with E-state index in [1.807, 2.05) is 30.3 Å². The van der Waals surface area contributed by atoms with Gasteiger partial charge in [0.25, 0.3) is 0 Å². The van der Waals surface area contributed by atoms with Crippen LogP contribution >= 0.6 is 0 Å². The SMILES string of the molecule is CC(C)(C)C(=O)N[C@@H](Cc1ccccc1)c1nnc(S(C)(=O)=O)o1. The van der Waals surface area contributed by atoms with Crippen molar-refractivity contribution in [3.8, 4) is 0 Å². The molecule has 8 heteroatoms. The van der Waals surface area contributed by atoms with Crippen molar-refractivity contribution >= 4 is 15.7 Å². The maximum absolute atomic E-state index is 12.3. The molecule has 0 aliphatic carbocycles. The Morgan fingerprint density at radius 2 is 1.83 bits per heavy atom. The summed E-state index contributed by atoms with van der Waals surface area (Å²) in [6, 6.07) is 8.86. The van der Waals surface area contributed by atoms with Crippen LogP contribution in [0.25, 0.3) is 0 Å². The quantitative estimate of drug-likeness (QED) is 0.883. The minimum absolute atomic E-state index is 0.0666. The van der Waals surface area contributed by atoms with Gasteiger partial charge in [0.1, 0.15) is 6.04 Å². The van der Waals surface area contributed by atoms with Crippen LogP contribution in [-0.4, -0.2) is 30.8 Å². The van der Waals surface area contributed by atoms with Gasteiger partial charge in [0.2, 0.25) is 21.6 Å². The van der Waals surface area contributed by atoms with Crippen molar-refractivity contribution in [1.82, 2.24) is 15.5 Å². The summed E-state index contributed by atoms with van der Waals surface area (Å²) in [4.78, 5) is 12.3. The van der Waals surface area contributed by atoms with Crippen molar-refractivity contribution in [2.24, 2.45) is 5.41 Å². The zero-order valence-electron chi connectivity index (χ0n) is 14.1. The van der Waals surface area contributed by atoms with Crippen molar-refractivity contribution in [2.45, 2.75) is 38.5 Å². The lowest BCUT2D eigenvalue weighted by molar-refractivity contribution is -0.129. The molecular formula is C16H21N3O4S. The van der Waals surface area contributed by atoms with E-state index in [0.29, 0.717) is 6.42 Å². The van der Waals surface area contributed by atoms with Crippen LogP contribution in [0.4, 0.5) is 0 Å². The van der Waals surface area contributed by atoms with Gasteiger partial charge in [-0.1, -0.05) is 56.2 Å². The highest BCUT2D eigenvalue weighted by Crippen LogP contribution is 2.22. The van der Waals surface area contributed by atoms with Gasteiger partial charge in [0, 0.05) is 18.1 Å². The molecule has 1 amide bonds. The van der Waals surface area contributed by atoms with Crippen molar-refractivity contribution in [1.29, 1.82) is 0 Å². The van der Waals surface area contributed by atoms with Gasteiger partial charge in [-0.3, -0.25) is 4.79 Å². The topological polar surface area (TPSA) is 102 Å². The summed E-state index contributed by atoms with van der Waals surface area (Å²) in [7, 11) is -3.60. The van der Waals surface area contributed by atoms with Crippen molar-refractivity contribution < 1.29 is 17.6 Å². The number of amides is 1. The number of sulfone groups is 1. The van der Waals surface area contributed by atoms with Gasteiger partial charge in [0.15, 0.2) is 0 Å².